The standard InChI is InChI=1S/C10H13BrO2/c11-10-3-6-1-7(8(10)12)4-9(13,2-6)5-10/h6-7,13H,1-5H2. The molecule has 4 rings (SSSR count). The lowest BCUT2D eigenvalue weighted by Crippen LogP contribution is -2.61. The van der Waals surface area contributed by atoms with Crippen LogP contribution in [0.15, 0.2) is 0 Å². The minimum absolute atomic E-state index is 0.144. The smallest absolute Gasteiger partial charge is 0.152 e. The molecule has 0 heterocycles. The number of carbonyl (C=O) groups excluding carboxylic acids is 1. The predicted octanol–water partition coefficient (Wildman–Crippen LogP) is 1.64. The van der Waals surface area contributed by atoms with Crippen LogP contribution in [0.2, 0.25) is 0 Å². The highest BCUT2D eigenvalue weighted by Crippen LogP contribution is 2.58. The Morgan fingerprint density at radius 1 is 1.38 bits per heavy atom. The summed E-state index contributed by atoms with van der Waals surface area (Å²) in [5, 5.41) is 10.2. The van der Waals surface area contributed by atoms with Gasteiger partial charge in [-0.2, -0.15) is 0 Å². The monoisotopic (exact) mass is 244 g/mol. The normalized spacial score (nSPS) is 58.8. The Morgan fingerprint density at radius 3 is 2.77 bits per heavy atom. The number of aliphatic hydroxyl groups is 1. The van der Waals surface area contributed by atoms with Crippen LogP contribution in [0.3, 0.4) is 0 Å². The average Bonchev–Trinajstić information content (AvgIpc) is 1.96. The Labute approximate surface area is 85.8 Å². The number of halogens is 1. The predicted molar refractivity (Wildman–Crippen MR) is 51.7 cm³/mol. The molecule has 4 aliphatic rings. The minimum atomic E-state index is -0.525. The molecule has 0 aliphatic heterocycles. The molecule has 0 aromatic rings. The lowest BCUT2D eigenvalue weighted by Gasteiger charge is -2.56. The zero-order valence-electron chi connectivity index (χ0n) is 7.42. The Balaban J connectivity index is 2.06. The van der Waals surface area contributed by atoms with E-state index in [1.807, 2.05) is 0 Å². The van der Waals surface area contributed by atoms with Crippen LogP contribution < -0.4 is 0 Å². The summed E-state index contributed by atoms with van der Waals surface area (Å²) in [5.74, 6) is 1.08. The quantitative estimate of drug-likeness (QED) is 0.659. The number of ketones is 1. The molecule has 1 N–H and O–H groups in total. The Morgan fingerprint density at radius 2 is 2.15 bits per heavy atom. The molecule has 4 unspecified atom stereocenters. The van der Waals surface area contributed by atoms with E-state index >= 15 is 0 Å². The fourth-order valence-corrected chi connectivity index (χ4v) is 5.06. The lowest BCUT2D eigenvalue weighted by atomic mass is 9.53. The van der Waals surface area contributed by atoms with Crippen molar-refractivity contribution in [3.05, 3.63) is 0 Å². The molecule has 72 valence electrons. The molecule has 0 aromatic carbocycles. The van der Waals surface area contributed by atoms with E-state index in [0.29, 0.717) is 18.1 Å². The van der Waals surface area contributed by atoms with Gasteiger partial charge in [0.05, 0.1) is 9.93 Å². The van der Waals surface area contributed by atoms with Crippen LogP contribution >= 0.6 is 15.9 Å². The van der Waals surface area contributed by atoms with E-state index in [4.69, 9.17) is 0 Å². The van der Waals surface area contributed by atoms with Crippen LogP contribution in [-0.2, 0) is 4.79 Å². The molecule has 0 spiro atoms. The van der Waals surface area contributed by atoms with E-state index in [1.54, 1.807) is 0 Å². The van der Waals surface area contributed by atoms with E-state index < -0.39 is 5.60 Å². The van der Waals surface area contributed by atoms with E-state index in [1.165, 1.54) is 0 Å². The van der Waals surface area contributed by atoms with Gasteiger partial charge in [-0.25, -0.2) is 0 Å². The molecular formula is C10H13BrO2. The van der Waals surface area contributed by atoms with Crippen molar-refractivity contribution in [1.29, 1.82) is 0 Å². The summed E-state index contributed by atoms with van der Waals surface area (Å²) in [6.07, 6.45) is 4.25. The van der Waals surface area contributed by atoms with E-state index in [9.17, 15) is 9.90 Å². The summed E-state index contributed by atoms with van der Waals surface area (Å²) in [5.41, 5.74) is -0.525. The second kappa shape index (κ2) is 2.19. The molecule has 3 heteroatoms. The zero-order chi connectivity index (χ0) is 9.27. The Hall–Kier alpha value is 0.110. The second-order valence-electron chi connectivity index (χ2n) is 5.14. The summed E-state index contributed by atoms with van der Waals surface area (Å²) in [6.45, 7) is 0. The summed E-state index contributed by atoms with van der Waals surface area (Å²) in [4.78, 5) is 11.9. The first-order valence-corrected chi connectivity index (χ1v) is 5.76. The molecule has 4 atom stereocenters. The van der Waals surface area contributed by atoms with E-state index in [0.717, 1.165) is 25.7 Å². The van der Waals surface area contributed by atoms with Crippen LogP contribution in [0.1, 0.15) is 32.1 Å². The van der Waals surface area contributed by atoms with Gasteiger partial charge in [-0.1, -0.05) is 15.9 Å². The van der Waals surface area contributed by atoms with E-state index in [2.05, 4.69) is 15.9 Å². The van der Waals surface area contributed by atoms with Gasteiger partial charge in [-0.3, -0.25) is 4.79 Å². The maximum absolute atomic E-state index is 11.9. The van der Waals surface area contributed by atoms with E-state index in [-0.39, 0.29) is 10.2 Å². The van der Waals surface area contributed by atoms with Gasteiger partial charge in [0.15, 0.2) is 5.78 Å². The van der Waals surface area contributed by atoms with Crippen molar-refractivity contribution < 1.29 is 9.90 Å². The molecule has 0 radical (unpaired) electrons. The molecule has 4 fully saturated rings. The van der Waals surface area contributed by atoms with Crippen molar-refractivity contribution in [3.8, 4) is 0 Å². The van der Waals surface area contributed by atoms with Crippen LogP contribution in [0.4, 0.5) is 0 Å². The van der Waals surface area contributed by atoms with Crippen molar-refractivity contribution in [2.75, 3.05) is 0 Å². The first-order valence-electron chi connectivity index (χ1n) is 4.96. The maximum atomic E-state index is 11.9. The summed E-state index contributed by atoms with van der Waals surface area (Å²) in [6, 6.07) is 0. The Kier molecular flexibility index (Phi) is 1.42. The highest BCUT2D eigenvalue weighted by molar-refractivity contribution is 9.10. The van der Waals surface area contributed by atoms with Gasteiger partial charge in [0.2, 0.25) is 0 Å². The third kappa shape index (κ3) is 1.00. The van der Waals surface area contributed by atoms with Gasteiger partial charge >= 0.3 is 0 Å². The molecule has 4 saturated carbocycles. The first-order chi connectivity index (χ1) is 6.01. The average molecular weight is 245 g/mol. The van der Waals surface area contributed by atoms with Crippen LogP contribution in [0.5, 0.6) is 0 Å². The molecule has 0 aromatic heterocycles. The van der Waals surface area contributed by atoms with Gasteiger partial charge in [0.25, 0.3) is 0 Å². The van der Waals surface area contributed by atoms with Crippen LogP contribution in [0, 0.1) is 11.8 Å². The SMILES string of the molecule is O=C1C2CC3CC(O)(C2)CC1(Br)C3. The van der Waals surface area contributed by atoms with Crippen molar-refractivity contribution in [2.24, 2.45) is 11.8 Å². The zero-order valence-corrected chi connectivity index (χ0v) is 9.01. The van der Waals surface area contributed by atoms with Crippen molar-refractivity contribution in [1.82, 2.24) is 0 Å². The highest BCUT2D eigenvalue weighted by Gasteiger charge is 2.61. The minimum Gasteiger partial charge on any atom is -0.390 e. The second-order valence-corrected chi connectivity index (χ2v) is 6.66. The summed E-state index contributed by atoms with van der Waals surface area (Å²) in [7, 11) is 0. The summed E-state index contributed by atoms with van der Waals surface area (Å²) >= 11 is 3.55. The largest absolute Gasteiger partial charge is 0.390 e. The van der Waals surface area contributed by atoms with Gasteiger partial charge in [0, 0.05) is 5.92 Å². The lowest BCUT2D eigenvalue weighted by molar-refractivity contribution is -0.155. The topological polar surface area (TPSA) is 37.3 Å². The first kappa shape index (κ1) is 8.42. The number of Topliss-reactive ketones (excluding diaryl/α,β-unsaturated/α-hetero) is 1. The number of alkyl halides is 1. The van der Waals surface area contributed by atoms with Gasteiger partial charge < -0.3 is 5.11 Å². The molecule has 2 nitrogen and oxygen atoms in total. The molecule has 0 saturated heterocycles. The number of rotatable bonds is 0. The molecule has 4 aliphatic carbocycles. The molecular weight excluding hydrogens is 232 g/mol. The van der Waals surface area contributed by atoms with Crippen LogP contribution in [-0.4, -0.2) is 20.8 Å². The fourth-order valence-electron chi connectivity index (χ4n) is 3.75. The van der Waals surface area contributed by atoms with Gasteiger partial charge in [-0.15, -0.1) is 0 Å². The maximum Gasteiger partial charge on any atom is 0.152 e. The third-order valence-electron chi connectivity index (χ3n) is 3.95. The molecule has 4 bridgehead atoms. The molecule has 0 amide bonds. The number of hydrogen-bond acceptors (Lipinski definition) is 2. The van der Waals surface area contributed by atoms with Crippen molar-refractivity contribution in [3.63, 3.8) is 0 Å². The number of carbonyl (C=O) groups is 1. The van der Waals surface area contributed by atoms with Gasteiger partial charge in [0.1, 0.15) is 0 Å². The number of hydrogen-bond donors (Lipinski definition) is 1. The highest BCUT2D eigenvalue weighted by atomic mass is 79.9. The van der Waals surface area contributed by atoms with Crippen LogP contribution in [0.25, 0.3) is 0 Å². The third-order valence-corrected chi connectivity index (χ3v) is 4.94. The summed E-state index contributed by atoms with van der Waals surface area (Å²) < 4.78 is -0.355. The molecule has 13 heavy (non-hydrogen) atoms. The van der Waals surface area contributed by atoms with Crippen molar-refractivity contribution >= 4 is 21.7 Å². The fraction of sp³-hybridized carbons (Fsp3) is 0.900. The Bertz CT molecular complexity index is 291. The van der Waals surface area contributed by atoms with Crippen molar-refractivity contribution in [2.45, 2.75) is 42.0 Å². The van der Waals surface area contributed by atoms with Gasteiger partial charge in [-0.05, 0) is 38.0 Å².